The first-order valence-corrected chi connectivity index (χ1v) is 10.1. The number of amides is 2. The number of hydrogen-bond donors (Lipinski definition) is 2. The number of rotatable bonds is 6. The molecule has 0 spiro atoms. The van der Waals surface area contributed by atoms with Gasteiger partial charge in [0.15, 0.2) is 5.82 Å². The third-order valence-electron chi connectivity index (χ3n) is 4.74. The Kier molecular flexibility index (Phi) is 6.16. The van der Waals surface area contributed by atoms with Crippen LogP contribution in [0.1, 0.15) is 40.6 Å². The number of carbonyl (C=O) groups excluding carboxylic acids is 2. The maximum atomic E-state index is 14.4. The first-order chi connectivity index (χ1) is 15.9. The number of aromatic nitrogens is 5. The molecule has 33 heavy (non-hydrogen) atoms. The Bertz CT molecular complexity index is 1310. The average Bonchev–Trinajstić information content (AvgIpc) is 3.31. The summed E-state index contributed by atoms with van der Waals surface area (Å²) >= 11 is 0. The molecule has 0 aliphatic carbocycles. The quantitative estimate of drug-likeness (QED) is 0.464. The van der Waals surface area contributed by atoms with Gasteiger partial charge in [0, 0.05) is 17.8 Å². The normalized spacial score (nSPS) is 10.8. The van der Waals surface area contributed by atoms with E-state index in [1.54, 1.807) is 42.9 Å². The van der Waals surface area contributed by atoms with Crippen LogP contribution in [0.2, 0.25) is 0 Å². The molecule has 0 aliphatic heterocycles. The van der Waals surface area contributed by atoms with E-state index in [4.69, 9.17) is 0 Å². The molecule has 166 valence electrons. The van der Waals surface area contributed by atoms with Crippen molar-refractivity contribution in [1.82, 2.24) is 24.7 Å². The summed E-state index contributed by atoms with van der Waals surface area (Å²) in [6, 6.07) is 12.0. The van der Waals surface area contributed by atoms with Gasteiger partial charge < -0.3 is 15.2 Å². The van der Waals surface area contributed by atoms with Crippen molar-refractivity contribution in [2.24, 2.45) is 0 Å². The molecule has 0 aliphatic rings. The van der Waals surface area contributed by atoms with Gasteiger partial charge in [-0.15, -0.1) is 10.2 Å². The van der Waals surface area contributed by atoms with Gasteiger partial charge in [-0.25, -0.2) is 9.37 Å². The standard InChI is InChI=1S/C23H20FN7O2/c1-14(2)31-13-26-30-21(31)19-6-3-7-20(28-19)29-23(33)17-11-15(8-9-18(17)24)22(32)27-16-5-4-10-25-12-16/h3-14H,1-2H3,(H,27,32)(H,28,29,33). The van der Waals surface area contributed by atoms with Gasteiger partial charge in [-0.1, -0.05) is 6.07 Å². The second-order valence-electron chi connectivity index (χ2n) is 7.41. The maximum absolute atomic E-state index is 14.4. The first kappa shape index (κ1) is 21.8. The second kappa shape index (κ2) is 9.35. The van der Waals surface area contributed by atoms with Gasteiger partial charge in [0.25, 0.3) is 11.8 Å². The number of carbonyl (C=O) groups is 2. The third kappa shape index (κ3) is 4.90. The first-order valence-electron chi connectivity index (χ1n) is 10.1. The number of halogens is 1. The molecule has 0 unspecified atom stereocenters. The van der Waals surface area contributed by atoms with Crippen LogP contribution in [0.3, 0.4) is 0 Å². The number of nitrogens with zero attached hydrogens (tertiary/aromatic N) is 5. The van der Waals surface area contributed by atoms with Crippen LogP contribution in [-0.2, 0) is 0 Å². The van der Waals surface area contributed by atoms with Crippen molar-refractivity contribution in [3.63, 3.8) is 0 Å². The molecule has 0 bridgehead atoms. The minimum Gasteiger partial charge on any atom is -0.321 e. The molecule has 0 saturated heterocycles. The predicted molar refractivity (Wildman–Crippen MR) is 120 cm³/mol. The van der Waals surface area contributed by atoms with Crippen LogP contribution in [0.5, 0.6) is 0 Å². The Hall–Kier alpha value is -4.47. The lowest BCUT2D eigenvalue weighted by atomic mass is 10.1. The van der Waals surface area contributed by atoms with Crippen LogP contribution in [0.25, 0.3) is 11.5 Å². The predicted octanol–water partition coefficient (Wildman–Crippen LogP) is 3.96. The molecule has 0 saturated carbocycles. The summed E-state index contributed by atoms with van der Waals surface area (Å²) < 4.78 is 16.3. The van der Waals surface area contributed by atoms with E-state index in [2.05, 4.69) is 30.8 Å². The second-order valence-corrected chi connectivity index (χ2v) is 7.41. The molecule has 2 N–H and O–H groups in total. The Balaban J connectivity index is 1.55. The van der Waals surface area contributed by atoms with Gasteiger partial charge in [0.1, 0.15) is 23.7 Å². The molecule has 3 aromatic heterocycles. The summed E-state index contributed by atoms with van der Waals surface area (Å²) in [7, 11) is 0. The molecule has 1 aromatic carbocycles. The average molecular weight is 445 g/mol. The fourth-order valence-electron chi connectivity index (χ4n) is 3.10. The zero-order valence-electron chi connectivity index (χ0n) is 17.9. The SMILES string of the molecule is CC(C)n1cnnc1-c1cccc(NC(=O)c2cc(C(=O)Nc3cccnc3)ccc2F)n1. The highest BCUT2D eigenvalue weighted by atomic mass is 19.1. The largest absolute Gasteiger partial charge is 0.321 e. The van der Waals surface area contributed by atoms with Crippen molar-refractivity contribution in [3.05, 3.63) is 84.2 Å². The van der Waals surface area contributed by atoms with Gasteiger partial charge in [0.2, 0.25) is 0 Å². The van der Waals surface area contributed by atoms with Crippen molar-refractivity contribution in [1.29, 1.82) is 0 Å². The Morgan fingerprint density at radius 2 is 1.88 bits per heavy atom. The van der Waals surface area contributed by atoms with E-state index in [1.807, 2.05) is 18.4 Å². The number of benzene rings is 1. The summed E-state index contributed by atoms with van der Waals surface area (Å²) in [5, 5.41) is 13.2. The van der Waals surface area contributed by atoms with Gasteiger partial charge >= 0.3 is 0 Å². The lowest BCUT2D eigenvalue weighted by molar-refractivity contribution is 0.102. The van der Waals surface area contributed by atoms with Crippen molar-refractivity contribution >= 4 is 23.3 Å². The number of hydrogen-bond acceptors (Lipinski definition) is 6. The third-order valence-corrected chi connectivity index (χ3v) is 4.74. The van der Waals surface area contributed by atoms with E-state index in [0.717, 1.165) is 6.07 Å². The van der Waals surface area contributed by atoms with Crippen LogP contribution in [0.15, 0.2) is 67.3 Å². The summed E-state index contributed by atoms with van der Waals surface area (Å²) in [6.07, 6.45) is 4.66. The van der Waals surface area contributed by atoms with Crippen LogP contribution < -0.4 is 10.6 Å². The highest BCUT2D eigenvalue weighted by Gasteiger charge is 2.17. The maximum Gasteiger partial charge on any atom is 0.259 e. The molecule has 3 heterocycles. The van der Waals surface area contributed by atoms with Crippen molar-refractivity contribution in [3.8, 4) is 11.5 Å². The fourth-order valence-corrected chi connectivity index (χ4v) is 3.10. The van der Waals surface area contributed by atoms with Crippen LogP contribution in [-0.4, -0.2) is 36.5 Å². The Morgan fingerprint density at radius 3 is 2.64 bits per heavy atom. The van der Waals surface area contributed by atoms with E-state index in [1.165, 1.54) is 18.3 Å². The lowest BCUT2D eigenvalue weighted by Crippen LogP contribution is -2.18. The molecule has 4 aromatic rings. The molecular formula is C23H20FN7O2. The Morgan fingerprint density at radius 1 is 1.03 bits per heavy atom. The van der Waals surface area contributed by atoms with Gasteiger partial charge in [0.05, 0.1) is 17.4 Å². The highest BCUT2D eigenvalue weighted by molar-refractivity contribution is 6.08. The smallest absolute Gasteiger partial charge is 0.259 e. The Labute approximate surface area is 188 Å². The van der Waals surface area contributed by atoms with Crippen molar-refractivity contribution in [2.75, 3.05) is 10.6 Å². The minimum absolute atomic E-state index is 0.115. The van der Waals surface area contributed by atoms with Crippen molar-refractivity contribution in [2.45, 2.75) is 19.9 Å². The number of anilines is 2. The topological polar surface area (TPSA) is 115 Å². The molecule has 10 heteroatoms. The highest BCUT2D eigenvalue weighted by Crippen LogP contribution is 2.21. The van der Waals surface area contributed by atoms with E-state index in [0.29, 0.717) is 17.2 Å². The molecule has 2 amide bonds. The molecule has 4 rings (SSSR count). The van der Waals surface area contributed by atoms with E-state index in [9.17, 15) is 14.0 Å². The van der Waals surface area contributed by atoms with E-state index >= 15 is 0 Å². The molecular weight excluding hydrogens is 425 g/mol. The van der Waals surface area contributed by atoms with E-state index in [-0.39, 0.29) is 23.0 Å². The lowest BCUT2D eigenvalue weighted by Gasteiger charge is -2.11. The molecule has 0 fully saturated rings. The molecule has 9 nitrogen and oxygen atoms in total. The number of nitrogens with one attached hydrogen (secondary N) is 2. The summed E-state index contributed by atoms with van der Waals surface area (Å²) in [6.45, 7) is 3.97. The van der Waals surface area contributed by atoms with Crippen LogP contribution in [0, 0.1) is 5.82 Å². The fraction of sp³-hybridized carbons (Fsp3) is 0.130. The summed E-state index contributed by atoms with van der Waals surface area (Å²) in [5.74, 6) is -1.24. The van der Waals surface area contributed by atoms with Gasteiger partial charge in [-0.3, -0.25) is 14.6 Å². The molecule has 0 atom stereocenters. The van der Waals surface area contributed by atoms with Gasteiger partial charge in [-0.2, -0.15) is 0 Å². The van der Waals surface area contributed by atoms with Crippen LogP contribution >= 0.6 is 0 Å². The molecule has 0 radical (unpaired) electrons. The van der Waals surface area contributed by atoms with E-state index < -0.39 is 17.6 Å². The van der Waals surface area contributed by atoms with Crippen molar-refractivity contribution < 1.29 is 14.0 Å². The summed E-state index contributed by atoms with van der Waals surface area (Å²) in [5.41, 5.74) is 0.820. The van der Waals surface area contributed by atoms with Crippen LogP contribution in [0.4, 0.5) is 15.9 Å². The monoisotopic (exact) mass is 445 g/mol. The zero-order chi connectivity index (χ0) is 23.4. The number of pyridine rings is 2. The van der Waals surface area contributed by atoms with Gasteiger partial charge in [-0.05, 0) is 56.3 Å². The summed E-state index contributed by atoms with van der Waals surface area (Å²) in [4.78, 5) is 33.6. The minimum atomic E-state index is -0.763. The zero-order valence-corrected chi connectivity index (χ0v) is 17.9.